The van der Waals surface area contributed by atoms with Gasteiger partial charge in [-0.1, -0.05) is 25.7 Å². The number of nitrogens with two attached hydrogens (primary N) is 1. The van der Waals surface area contributed by atoms with Gasteiger partial charge in [0.2, 0.25) is 0 Å². The molecule has 1 aliphatic rings. The van der Waals surface area contributed by atoms with Gasteiger partial charge in [-0.2, -0.15) is 0 Å². The van der Waals surface area contributed by atoms with E-state index in [0.29, 0.717) is 5.92 Å². The zero-order chi connectivity index (χ0) is 7.40. The lowest BCUT2D eigenvalue weighted by Gasteiger charge is -2.04. The van der Waals surface area contributed by atoms with Gasteiger partial charge in [0, 0.05) is 6.42 Å². The number of hydrogen-bond donors (Lipinski definition) is 1. The summed E-state index contributed by atoms with van der Waals surface area (Å²) in [6.07, 6.45) is 5.83. The molecule has 0 aromatic carbocycles. The van der Waals surface area contributed by atoms with Crippen molar-refractivity contribution in [1.29, 1.82) is 0 Å². The van der Waals surface area contributed by atoms with E-state index in [1.807, 2.05) is 0 Å². The van der Waals surface area contributed by atoms with Crippen LogP contribution in [0.2, 0.25) is 0 Å². The third-order valence-corrected chi connectivity index (χ3v) is 2.22. The maximum atomic E-state index is 10.8. The summed E-state index contributed by atoms with van der Waals surface area (Å²) in [5.41, 5.74) is 5.20. The maximum Gasteiger partial charge on any atom is 0.146 e. The van der Waals surface area contributed by atoms with E-state index >= 15 is 0 Å². The van der Waals surface area contributed by atoms with E-state index < -0.39 is 0 Å². The Kier molecular flexibility index (Phi) is 5.51. The molecule has 1 saturated carbocycles. The largest absolute Gasteiger partial charge is 0.324 e. The second-order valence-corrected chi connectivity index (χ2v) is 3.10. The third kappa shape index (κ3) is 3.73. The van der Waals surface area contributed by atoms with E-state index in [9.17, 15) is 4.79 Å². The SMILES string of the molecule is Cl.NCC(=O)CC1CCCC1. The monoisotopic (exact) mass is 177 g/mol. The van der Waals surface area contributed by atoms with E-state index in [1.54, 1.807) is 0 Å². The van der Waals surface area contributed by atoms with Crippen LogP contribution < -0.4 is 5.73 Å². The van der Waals surface area contributed by atoms with E-state index in [1.165, 1.54) is 25.7 Å². The summed E-state index contributed by atoms with van der Waals surface area (Å²) in [5.74, 6) is 0.892. The van der Waals surface area contributed by atoms with Crippen molar-refractivity contribution in [2.24, 2.45) is 11.7 Å². The summed E-state index contributed by atoms with van der Waals surface area (Å²) in [6.45, 7) is 0.233. The average Bonchev–Trinajstić information content (AvgIpc) is 2.40. The highest BCUT2D eigenvalue weighted by Gasteiger charge is 2.16. The minimum atomic E-state index is 0. The van der Waals surface area contributed by atoms with Crippen LogP contribution in [0, 0.1) is 5.92 Å². The number of ketones is 1. The molecule has 1 rings (SSSR count). The Labute approximate surface area is 73.9 Å². The van der Waals surface area contributed by atoms with Gasteiger partial charge in [-0.25, -0.2) is 0 Å². The predicted octanol–water partition coefficient (Wildman–Crippen LogP) is 1.52. The standard InChI is InChI=1S/C8H15NO.ClH/c9-6-8(10)5-7-3-1-2-4-7;/h7H,1-6,9H2;1H. The summed E-state index contributed by atoms with van der Waals surface area (Å²) in [5, 5.41) is 0. The summed E-state index contributed by atoms with van der Waals surface area (Å²) < 4.78 is 0. The predicted molar refractivity (Wildman–Crippen MR) is 47.9 cm³/mol. The first kappa shape index (κ1) is 10.9. The van der Waals surface area contributed by atoms with Crippen molar-refractivity contribution < 1.29 is 4.79 Å². The zero-order valence-corrected chi connectivity index (χ0v) is 7.53. The highest BCUT2D eigenvalue weighted by atomic mass is 35.5. The molecule has 0 amide bonds. The van der Waals surface area contributed by atoms with Crippen LogP contribution in [0.1, 0.15) is 32.1 Å². The number of carbonyl (C=O) groups is 1. The second-order valence-electron chi connectivity index (χ2n) is 3.10. The Morgan fingerprint density at radius 3 is 2.36 bits per heavy atom. The Hall–Kier alpha value is -0.0800. The fraction of sp³-hybridized carbons (Fsp3) is 0.875. The Morgan fingerprint density at radius 1 is 1.36 bits per heavy atom. The van der Waals surface area contributed by atoms with Gasteiger partial charge in [0.1, 0.15) is 5.78 Å². The molecular weight excluding hydrogens is 162 g/mol. The van der Waals surface area contributed by atoms with Crippen molar-refractivity contribution in [1.82, 2.24) is 0 Å². The van der Waals surface area contributed by atoms with Crippen LogP contribution in [0.3, 0.4) is 0 Å². The summed E-state index contributed by atoms with van der Waals surface area (Å²) >= 11 is 0. The second kappa shape index (κ2) is 5.56. The number of rotatable bonds is 3. The Morgan fingerprint density at radius 2 is 1.91 bits per heavy atom. The van der Waals surface area contributed by atoms with Crippen molar-refractivity contribution >= 4 is 18.2 Å². The molecule has 0 radical (unpaired) electrons. The Bertz CT molecular complexity index is 121. The molecule has 1 fully saturated rings. The molecule has 0 bridgehead atoms. The zero-order valence-electron chi connectivity index (χ0n) is 6.71. The minimum absolute atomic E-state index is 0. The molecule has 66 valence electrons. The van der Waals surface area contributed by atoms with Crippen LogP contribution >= 0.6 is 12.4 Å². The molecule has 1 aliphatic carbocycles. The summed E-state index contributed by atoms with van der Waals surface area (Å²) in [4.78, 5) is 10.8. The molecule has 2 N–H and O–H groups in total. The van der Waals surface area contributed by atoms with Crippen LogP contribution in [0.4, 0.5) is 0 Å². The lowest BCUT2D eigenvalue weighted by atomic mass is 10.0. The topological polar surface area (TPSA) is 43.1 Å². The minimum Gasteiger partial charge on any atom is -0.324 e. The van der Waals surface area contributed by atoms with Gasteiger partial charge in [0.05, 0.1) is 6.54 Å². The maximum absolute atomic E-state index is 10.8. The first-order chi connectivity index (χ1) is 4.83. The van der Waals surface area contributed by atoms with E-state index in [0.717, 1.165) is 6.42 Å². The molecule has 0 saturated heterocycles. The first-order valence-corrected chi connectivity index (χ1v) is 4.04. The van der Waals surface area contributed by atoms with Crippen molar-refractivity contribution in [3.05, 3.63) is 0 Å². The third-order valence-electron chi connectivity index (χ3n) is 2.22. The van der Waals surface area contributed by atoms with Crippen molar-refractivity contribution in [2.45, 2.75) is 32.1 Å². The molecule has 0 heterocycles. The molecule has 0 aromatic heterocycles. The van der Waals surface area contributed by atoms with Gasteiger partial charge in [-0.15, -0.1) is 12.4 Å². The van der Waals surface area contributed by atoms with Crippen LogP contribution in [-0.4, -0.2) is 12.3 Å². The van der Waals surface area contributed by atoms with Gasteiger partial charge in [0.25, 0.3) is 0 Å². The first-order valence-electron chi connectivity index (χ1n) is 4.04. The molecule has 0 aliphatic heterocycles. The van der Waals surface area contributed by atoms with Crippen LogP contribution in [-0.2, 0) is 4.79 Å². The number of halogens is 1. The lowest BCUT2D eigenvalue weighted by Crippen LogP contribution is -2.16. The lowest BCUT2D eigenvalue weighted by molar-refractivity contribution is -0.118. The number of hydrogen-bond acceptors (Lipinski definition) is 2. The van der Waals surface area contributed by atoms with Gasteiger partial charge < -0.3 is 5.73 Å². The Balaban J connectivity index is 0.000001000. The van der Waals surface area contributed by atoms with Crippen molar-refractivity contribution in [3.63, 3.8) is 0 Å². The highest BCUT2D eigenvalue weighted by molar-refractivity contribution is 5.85. The van der Waals surface area contributed by atoms with E-state index in [4.69, 9.17) is 5.73 Å². The molecule has 11 heavy (non-hydrogen) atoms. The van der Waals surface area contributed by atoms with Gasteiger partial charge in [-0.05, 0) is 5.92 Å². The average molecular weight is 178 g/mol. The van der Waals surface area contributed by atoms with Gasteiger partial charge >= 0.3 is 0 Å². The molecule has 0 atom stereocenters. The van der Waals surface area contributed by atoms with Crippen LogP contribution in [0.5, 0.6) is 0 Å². The van der Waals surface area contributed by atoms with E-state index in [-0.39, 0.29) is 24.7 Å². The molecule has 0 aromatic rings. The molecule has 3 heteroatoms. The normalized spacial score (nSPS) is 17.9. The smallest absolute Gasteiger partial charge is 0.146 e. The van der Waals surface area contributed by atoms with Gasteiger partial charge in [0.15, 0.2) is 0 Å². The fourth-order valence-electron chi connectivity index (χ4n) is 1.62. The molecular formula is C8H16ClNO. The highest BCUT2D eigenvalue weighted by Crippen LogP contribution is 2.27. The summed E-state index contributed by atoms with van der Waals surface area (Å²) in [7, 11) is 0. The molecule has 2 nitrogen and oxygen atoms in total. The van der Waals surface area contributed by atoms with Crippen molar-refractivity contribution in [2.75, 3.05) is 6.54 Å². The fourth-order valence-corrected chi connectivity index (χ4v) is 1.62. The van der Waals surface area contributed by atoms with Crippen LogP contribution in [0.15, 0.2) is 0 Å². The summed E-state index contributed by atoms with van der Waals surface area (Å²) in [6, 6.07) is 0. The van der Waals surface area contributed by atoms with Gasteiger partial charge in [-0.3, -0.25) is 4.79 Å². The van der Waals surface area contributed by atoms with Crippen LogP contribution in [0.25, 0.3) is 0 Å². The van der Waals surface area contributed by atoms with Crippen molar-refractivity contribution in [3.8, 4) is 0 Å². The van der Waals surface area contributed by atoms with E-state index in [2.05, 4.69) is 0 Å². The quantitative estimate of drug-likeness (QED) is 0.711. The molecule has 0 spiro atoms. The number of carbonyl (C=O) groups excluding carboxylic acids is 1. The number of Topliss-reactive ketones (excluding diaryl/α,β-unsaturated/α-hetero) is 1. The molecule has 0 unspecified atom stereocenters.